The van der Waals surface area contributed by atoms with Crippen molar-refractivity contribution in [1.82, 2.24) is 0 Å². The van der Waals surface area contributed by atoms with Gasteiger partial charge in [-0.2, -0.15) is 0 Å². The van der Waals surface area contributed by atoms with Crippen LogP contribution in [-0.2, 0) is 4.52 Å². The number of hydrogen-bond donors (Lipinski definition) is 0. The van der Waals surface area contributed by atoms with E-state index < -0.39 is 20.0 Å². The summed E-state index contributed by atoms with van der Waals surface area (Å²) in [6.45, 7) is 0. The molecule has 0 saturated carbocycles. The van der Waals surface area contributed by atoms with E-state index in [1.165, 1.54) is 0 Å². The van der Waals surface area contributed by atoms with Gasteiger partial charge in [-0.3, -0.25) is 0 Å². The Labute approximate surface area is 149 Å². The maximum absolute atomic E-state index is 6.14. The summed E-state index contributed by atoms with van der Waals surface area (Å²) in [5, 5.41) is 0. The summed E-state index contributed by atoms with van der Waals surface area (Å²) in [5.74, 6) is -4.58. The number of rotatable bonds is 2. The van der Waals surface area contributed by atoms with Gasteiger partial charge in [-0.1, -0.05) is 0 Å². The van der Waals surface area contributed by atoms with Gasteiger partial charge in [0.25, 0.3) is 0 Å². The molecule has 11 heteroatoms. The van der Waals surface area contributed by atoms with Gasteiger partial charge in [-0.15, -0.1) is 0 Å². The first-order valence-electron chi connectivity index (χ1n) is 4.77. The van der Waals surface area contributed by atoms with Crippen LogP contribution < -0.4 is 9.05 Å². The monoisotopic (exact) mass is 436 g/mol. The molecule has 1 aliphatic rings. The molecule has 0 spiro atoms. The van der Waals surface area contributed by atoms with Gasteiger partial charge in [-0.05, 0) is 0 Å². The normalized spacial score (nSPS) is 20.6. The van der Waals surface area contributed by atoms with Gasteiger partial charge in [0, 0.05) is 0 Å². The second kappa shape index (κ2) is 5.47. The Morgan fingerprint density at radius 1 is 1.00 bits per heavy atom. The Morgan fingerprint density at radius 2 is 1.45 bits per heavy atom. The Bertz CT molecular complexity index is 550. The Morgan fingerprint density at radius 3 is 1.80 bits per heavy atom. The average molecular weight is 439 g/mol. The van der Waals surface area contributed by atoms with Crippen molar-refractivity contribution in [2.75, 3.05) is 0 Å². The van der Waals surface area contributed by atoms with E-state index >= 15 is 0 Å². The third-order valence-corrected chi connectivity index (χ3v) is 5.53. The van der Waals surface area contributed by atoms with Crippen LogP contribution in [0.1, 0.15) is 0 Å². The van der Waals surface area contributed by atoms with E-state index in [0.29, 0.717) is 0 Å². The van der Waals surface area contributed by atoms with Crippen LogP contribution >= 0.6 is 86.5 Å². The molecule has 0 radical (unpaired) electrons. The molecule has 0 aliphatic carbocycles. The number of fused-ring (bicyclic) bond motifs is 1. The van der Waals surface area contributed by atoms with Crippen molar-refractivity contribution in [2.45, 2.75) is 3.79 Å². The number of alkyl halides is 3. The average Bonchev–Trinajstić information content (AvgIpc) is 2.56. The molecule has 1 aromatic carbocycles. The van der Waals surface area contributed by atoms with Crippen molar-refractivity contribution in [1.29, 1.82) is 0 Å². The van der Waals surface area contributed by atoms with Gasteiger partial charge in [0.2, 0.25) is 0 Å². The van der Waals surface area contributed by atoms with Crippen LogP contribution in [0.2, 0.25) is 0 Å². The van der Waals surface area contributed by atoms with E-state index in [2.05, 4.69) is 0 Å². The molecule has 0 saturated heterocycles. The van der Waals surface area contributed by atoms with E-state index in [1.54, 1.807) is 24.3 Å². The molecule has 0 aromatic heterocycles. The molecule has 20 heavy (non-hydrogen) atoms. The van der Waals surface area contributed by atoms with Crippen LogP contribution in [0.5, 0.6) is 11.5 Å². The van der Waals surface area contributed by atoms with Crippen molar-refractivity contribution in [3.8, 4) is 11.5 Å². The van der Waals surface area contributed by atoms with Crippen LogP contribution in [0.3, 0.4) is 0 Å². The summed E-state index contributed by atoms with van der Waals surface area (Å²) in [6, 6.07) is 6.55. The van der Waals surface area contributed by atoms with Crippen LogP contribution in [-0.4, -0.2) is 3.79 Å². The first-order chi connectivity index (χ1) is 8.99. The van der Waals surface area contributed by atoms with Gasteiger partial charge in [0.1, 0.15) is 0 Å². The standard InChI is InChI=1S/C9H4Cl7O3P/c10-8(11)7(9(12,13)14)19-20(15,16)17-5-3-1-2-4-6(5)18-20/h1-4H. The molecule has 1 aliphatic heterocycles. The summed E-state index contributed by atoms with van der Waals surface area (Å²) >= 11 is 40.5. The summed E-state index contributed by atoms with van der Waals surface area (Å²) in [4.78, 5) is 0. The van der Waals surface area contributed by atoms with E-state index in [9.17, 15) is 0 Å². The molecule has 0 unspecified atom stereocenters. The third-order valence-electron chi connectivity index (χ3n) is 2.00. The van der Waals surface area contributed by atoms with E-state index in [1.807, 2.05) is 0 Å². The summed E-state index contributed by atoms with van der Waals surface area (Å²) in [6.07, 6.45) is 0. The summed E-state index contributed by atoms with van der Waals surface area (Å²) in [7, 11) is 0. The zero-order chi connectivity index (χ0) is 15.2. The zero-order valence-corrected chi connectivity index (χ0v) is 15.3. The SMILES string of the molecule is ClC(Cl)=C(OP1(Cl)(Cl)Oc2ccccc2O1)C(Cl)(Cl)Cl. The topological polar surface area (TPSA) is 27.7 Å². The maximum atomic E-state index is 6.14. The number of hydrogen-bond acceptors (Lipinski definition) is 3. The van der Waals surface area contributed by atoms with E-state index in [0.717, 1.165) is 0 Å². The van der Waals surface area contributed by atoms with Gasteiger partial charge in [0.15, 0.2) is 0 Å². The second-order valence-electron chi connectivity index (χ2n) is 3.51. The molecule has 0 fully saturated rings. The molecule has 112 valence electrons. The molecule has 0 N–H and O–H groups in total. The minimum absolute atomic E-state index is 0.282. The van der Waals surface area contributed by atoms with Crippen LogP contribution in [0.15, 0.2) is 34.5 Å². The van der Waals surface area contributed by atoms with E-state index in [-0.39, 0.29) is 11.5 Å². The zero-order valence-electron chi connectivity index (χ0n) is 9.13. The minimum atomic E-state index is -4.64. The van der Waals surface area contributed by atoms with Crippen molar-refractivity contribution >= 4 is 86.5 Å². The molecule has 1 heterocycles. The Kier molecular flexibility index (Phi) is 4.70. The van der Waals surface area contributed by atoms with E-state index in [4.69, 9.17) is 94.1 Å². The molecular formula is C9H4Cl7O3P. The van der Waals surface area contributed by atoms with Crippen molar-refractivity contribution < 1.29 is 13.6 Å². The molecule has 2 rings (SSSR count). The van der Waals surface area contributed by atoms with Crippen molar-refractivity contribution in [2.24, 2.45) is 0 Å². The number of allylic oxidation sites excluding steroid dienone is 1. The van der Waals surface area contributed by atoms with Gasteiger partial charge < -0.3 is 0 Å². The van der Waals surface area contributed by atoms with Crippen LogP contribution in [0, 0.1) is 0 Å². The van der Waals surface area contributed by atoms with Crippen LogP contribution in [0.25, 0.3) is 0 Å². The fourth-order valence-corrected chi connectivity index (χ4v) is 5.48. The predicted octanol–water partition coefficient (Wildman–Crippen LogP) is 7.10. The molecule has 0 atom stereocenters. The fraction of sp³-hybridized carbons (Fsp3) is 0.111. The van der Waals surface area contributed by atoms with Crippen LogP contribution in [0.4, 0.5) is 0 Å². The summed E-state index contributed by atoms with van der Waals surface area (Å²) < 4.78 is 13.4. The number of benzene rings is 1. The fourth-order valence-electron chi connectivity index (χ4n) is 1.30. The Balaban J connectivity index is 2.36. The predicted molar refractivity (Wildman–Crippen MR) is 86.4 cm³/mol. The quantitative estimate of drug-likeness (QED) is 0.280. The van der Waals surface area contributed by atoms with Gasteiger partial charge >= 0.3 is 150 Å². The van der Waals surface area contributed by atoms with Gasteiger partial charge in [-0.25, -0.2) is 0 Å². The first kappa shape index (κ1) is 17.2. The molecule has 1 aromatic rings. The Hall–Kier alpha value is 0.820. The number of halogens is 7. The third kappa shape index (κ3) is 3.77. The summed E-state index contributed by atoms with van der Waals surface area (Å²) in [5.41, 5.74) is 0. The molecule has 3 nitrogen and oxygen atoms in total. The molecular weight excluding hydrogens is 435 g/mol. The molecule has 0 bridgehead atoms. The van der Waals surface area contributed by atoms with Gasteiger partial charge in [0.05, 0.1) is 0 Å². The first-order valence-corrected chi connectivity index (χ1v) is 10.5. The second-order valence-corrected chi connectivity index (χ2v) is 12.7. The number of para-hydroxylation sites is 2. The molecule has 0 amide bonds. The van der Waals surface area contributed by atoms with Crippen molar-refractivity contribution in [3.63, 3.8) is 0 Å². The van der Waals surface area contributed by atoms with Crippen molar-refractivity contribution in [3.05, 3.63) is 34.5 Å².